The van der Waals surface area contributed by atoms with Crippen LogP contribution in [0.15, 0.2) is 71.6 Å². The van der Waals surface area contributed by atoms with Crippen molar-refractivity contribution in [3.63, 3.8) is 0 Å². The number of hydrogen-bond donors (Lipinski definition) is 3. The highest BCUT2D eigenvalue weighted by molar-refractivity contribution is 7.89. The minimum absolute atomic E-state index is 0.0291. The number of sulfonamides is 1. The maximum absolute atomic E-state index is 13.6. The Morgan fingerprint density at radius 3 is 2.23 bits per heavy atom. The molecular weight excluding hydrogens is 528 g/mol. The number of carboxylic acid groups (broad SMARTS) is 1. The number of β-amino-alcohol motifs (C(OH)–C–C–N with tert-alkyl or cyclic N) is 1. The third kappa shape index (κ3) is 6.90. The number of fused-ring (bicyclic) bond motifs is 1. The molecule has 0 heterocycles. The van der Waals surface area contributed by atoms with Gasteiger partial charge in [-0.05, 0) is 85.5 Å². The lowest BCUT2D eigenvalue weighted by atomic mass is 9.88. The van der Waals surface area contributed by atoms with Crippen LogP contribution < -0.4 is 10.1 Å². The van der Waals surface area contributed by atoms with E-state index in [1.54, 1.807) is 24.3 Å². The number of nitrogens with zero attached hydrogens (tertiary/aromatic N) is 1. The molecule has 3 aromatic carbocycles. The molecule has 214 valence electrons. The zero-order valence-electron chi connectivity index (χ0n) is 23.4. The van der Waals surface area contributed by atoms with Gasteiger partial charge in [0, 0.05) is 25.7 Å². The van der Waals surface area contributed by atoms with E-state index in [2.05, 4.69) is 43.4 Å². The standard InChI is InChI=1S/C31H38N2O6S/c1-31(2,18-21-15-24-7-5-6-8-25(24)16-21)32-19-27(34)20-33(3)40(37,38)29-17-26(13-14-28(29)39-4)22-9-11-23(12-10-22)30(35)36/h5-14,17,21,27,32,34H,15-16,18-20H2,1-4H3,(H,35,36). The number of carbonyl (C=O) groups is 1. The van der Waals surface area contributed by atoms with Crippen LogP contribution in [0.4, 0.5) is 0 Å². The third-order valence-electron chi connectivity index (χ3n) is 7.54. The molecule has 1 aliphatic carbocycles. The predicted octanol–water partition coefficient (Wildman–Crippen LogP) is 4.22. The number of benzene rings is 3. The van der Waals surface area contributed by atoms with E-state index in [-0.39, 0.29) is 34.8 Å². The fourth-order valence-electron chi connectivity index (χ4n) is 5.47. The predicted molar refractivity (Wildman–Crippen MR) is 155 cm³/mol. The van der Waals surface area contributed by atoms with Crippen LogP contribution in [0.25, 0.3) is 11.1 Å². The molecule has 0 aliphatic heterocycles. The van der Waals surface area contributed by atoms with Crippen LogP contribution in [0.2, 0.25) is 0 Å². The molecule has 0 aromatic heterocycles. The second-order valence-electron chi connectivity index (χ2n) is 11.2. The molecule has 0 spiro atoms. The van der Waals surface area contributed by atoms with Gasteiger partial charge in [-0.15, -0.1) is 0 Å². The Morgan fingerprint density at radius 2 is 1.65 bits per heavy atom. The summed E-state index contributed by atoms with van der Waals surface area (Å²) in [7, 11) is -1.17. The molecule has 0 amide bonds. The lowest BCUT2D eigenvalue weighted by Gasteiger charge is -2.31. The van der Waals surface area contributed by atoms with Gasteiger partial charge in [0.1, 0.15) is 10.6 Å². The maximum atomic E-state index is 13.6. The highest BCUT2D eigenvalue weighted by atomic mass is 32.2. The number of likely N-dealkylation sites (N-methyl/N-ethyl adjacent to an activating group) is 1. The number of ether oxygens (including phenoxy) is 1. The molecule has 1 aliphatic rings. The number of hydrogen-bond acceptors (Lipinski definition) is 6. The molecular formula is C31H38N2O6S. The number of methoxy groups -OCH3 is 1. The van der Waals surface area contributed by atoms with Crippen molar-refractivity contribution < 1.29 is 28.2 Å². The average Bonchev–Trinajstić information content (AvgIpc) is 3.33. The van der Waals surface area contributed by atoms with Gasteiger partial charge >= 0.3 is 5.97 Å². The van der Waals surface area contributed by atoms with Crippen molar-refractivity contribution in [3.8, 4) is 16.9 Å². The van der Waals surface area contributed by atoms with Crippen molar-refractivity contribution >= 4 is 16.0 Å². The molecule has 1 unspecified atom stereocenters. The largest absolute Gasteiger partial charge is 0.495 e. The summed E-state index contributed by atoms with van der Waals surface area (Å²) in [6.07, 6.45) is 2.13. The highest BCUT2D eigenvalue weighted by Gasteiger charge is 2.30. The Hall–Kier alpha value is -3.24. The fourth-order valence-corrected chi connectivity index (χ4v) is 6.86. The monoisotopic (exact) mass is 566 g/mol. The van der Waals surface area contributed by atoms with E-state index >= 15 is 0 Å². The molecule has 40 heavy (non-hydrogen) atoms. The van der Waals surface area contributed by atoms with E-state index in [0.29, 0.717) is 17.0 Å². The van der Waals surface area contributed by atoms with E-state index < -0.39 is 22.1 Å². The van der Waals surface area contributed by atoms with Crippen molar-refractivity contribution in [2.45, 2.75) is 49.6 Å². The quantitative estimate of drug-likeness (QED) is 0.301. The summed E-state index contributed by atoms with van der Waals surface area (Å²) in [6.45, 7) is 4.38. The molecule has 0 bridgehead atoms. The van der Waals surface area contributed by atoms with Gasteiger partial charge in [-0.25, -0.2) is 13.2 Å². The molecule has 4 rings (SSSR count). The SMILES string of the molecule is COc1ccc(-c2ccc(C(=O)O)cc2)cc1S(=O)(=O)N(C)CC(O)CNC(C)(C)CC1Cc2ccccc2C1. The Morgan fingerprint density at radius 1 is 1.05 bits per heavy atom. The second kappa shape index (κ2) is 12.1. The summed E-state index contributed by atoms with van der Waals surface area (Å²) in [5.74, 6) is -0.323. The summed E-state index contributed by atoms with van der Waals surface area (Å²) >= 11 is 0. The van der Waals surface area contributed by atoms with E-state index in [1.807, 2.05) is 0 Å². The normalized spacial score (nSPS) is 14.8. The molecule has 0 saturated heterocycles. The summed E-state index contributed by atoms with van der Waals surface area (Å²) in [5, 5.41) is 23.4. The molecule has 8 nitrogen and oxygen atoms in total. The van der Waals surface area contributed by atoms with Crippen LogP contribution in [0, 0.1) is 5.92 Å². The number of aliphatic hydroxyl groups excluding tert-OH is 1. The van der Waals surface area contributed by atoms with Crippen molar-refractivity contribution in [1.82, 2.24) is 9.62 Å². The molecule has 0 fully saturated rings. The Labute approximate surface area is 236 Å². The zero-order valence-corrected chi connectivity index (χ0v) is 24.2. The Kier molecular flexibility index (Phi) is 8.99. The smallest absolute Gasteiger partial charge is 0.335 e. The Balaban J connectivity index is 1.39. The van der Waals surface area contributed by atoms with Crippen molar-refractivity contribution in [1.29, 1.82) is 0 Å². The number of rotatable bonds is 12. The van der Waals surface area contributed by atoms with Crippen LogP contribution in [0.1, 0.15) is 41.8 Å². The molecule has 0 radical (unpaired) electrons. The lowest BCUT2D eigenvalue weighted by Crippen LogP contribution is -2.47. The lowest BCUT2D eigenvalue weighted by molar-refractivity contribution is 0.0697. The van der Waals surface area contributed by atoms with Gasteiger partial charge < -0.3 is 20.3 Å². The van der Waals surface area contributed by atoms with Crippen LogP contribution in [0.3, 0.4) is 0 Å². The van der Waals surface area contributed by atoms with Crippen LogP contribution in [-0.2, 0) is 22.9 Å². The molecule has 1 atom stereocenters. The summed E-state index contributed by atoms with van der Waals surface area (Å²) < 4.78 is 33.6. The number of nitrogens with one attached hydrogen (secondary N) is 1. The minimum Gasteiger partial charge on any atom is -0.495 e. The van der Waals surface area contributed by atoms with E-state index in [9.17, 15) is 18.3 Å². The molecule has 3 aromatic rings. The van der Waals surface area contributed by atoms with Gasteiger partial charge in [0.05, 0.1) is 18.8 Å². The van der Waals surface area contributed by atoms with Gasteiger partial charge in [0.2, 0.25) is 10.0 Å². The average molecular weight is 567 g/mol. The first kappa shape index (κ1) is 29.7. The summed E-state index contributed by atoms with van der Waals surface area (Å²) in [5.41, 5.74) is 4.01. The van der Waals surface area contributed by atoms with Gasteiger partial charge in [-0.3, -0.25) is 0 Å². The van der Waals surface area contributed by atoms with Crippen molar-refractivity contribution in [3.05, 3.63) is 83.4 Å². The topological polar surface area (TPSA) is 116 Å². The van der Waals surface area contributed by atoms with E-state index in [0.717, 1.165) is 23.6 Å². The second-order valence-corrected chi connectivity index (χ2v) is 13.2. The van der Waals surface area contributed by atoms with Crippen LogP contribution in [-0.4, -0.2) is 67.8 Å². The molecule has 0 saturated carbocycles. The number of aromatic carboxylic acids is 1. The van der Waals surface area contributed by atoms with Crippen LogP contribution in [0.5, 0.6) is 5.75 Å². The zero-order chi connectivity index (χ0) is 29.1. The molecule has 3 N–H and O–H groups in total. The number of aliphatic hydroxyl groups is 1. The molecule has 9 heteroatoms. The first-order valence-electron chi connectivity index (χ1n) is 13.4. The van der Waals surface area contributed by atoms with Crippen molar-refractivity contribution in [2.24, 2.45) is 5.92 Å². The first-order chi connectivity index (χ1) is 18.9. The summed E-state index contributed by atoms with van der Waals surface area (Å²) in [4.78, 5) is 11.1. The minimum atomic E-state index is -4.01. The number of carboxylic acids is 1. The van der Waals surface area contributed by atoms with Gasteiger partial charge in [-0.1, -0.05) is 42.5 Å². The van der Waals surface area contributed by atoms with E-state index in [1.165, 1.54) is 43.5 Å². The first-order valence-corrected chi connectivity index (χ1v) is 14.8. The van der Waals surface area contributed by atoms with Gasteiger partial charge in [0.15, 0.2) is 0 Å². The fraction of sp³-hybridized carbons (Fsp3) is 0.387. The summed E-state index contributed by atoms with van der Waals surface area (Å²) in [6, 6.07) is 19.5. The van der Waals surface area contributed by atoms with Crippen LogP contribution >= 0.6 is 0 Å². The van der Waals surface area contributed by atoms with Crippen molar-refractivity contribution in [2.75, 3.05) is 27.2 Å². The third-order valence-corrected chi connectivity index (χ3v) is 9.38. The van der Waals surface area contributed by atoms with Gasteiger partial charge in [0.25, 0.3) is 0 Å². The Bertz CT molecular complexity index is 1430. The van der Waals surface area contributed by atoms with E-state index in [4.69, 9.17) is 9.84 Å². The van der Waals surface area contributed by atoms with Gasteiger partial charge in [-0.2, -0.15) is 4.31 Å². The highest BCUT2D eigenvalue weighted by Crippen LogP contribution is 2.33. The maximum Gasteiger partial charge on any atom is 0.335 e.